The number of carbonyl (C=O) groups excluding carboxylic acids is 1. The molecule has 0 unspecified atom stereocenters. The van der Waals surface area contributed by atoms with E-state index in [1.807, 2.05) is 6.08 Å². The van der Waals surface area contributed by atoms with Crippen LogP contribution in [0.15, 0.2) is 17.1 Å². The van der Waals surface area contributed by atoms with Gasteiger partial charge < -0.3 is 5.73 Å². The smallest absolute Gasteiger partial charge is 0.267 e. The van der Waals surface area contributed by atoms with Crippen molar-refractivity contribution >= 4 is 12.0 Å². The molecule has 2 heterocycles. The molecule has 0 radical (unpaired) electrons. The highest BCUT2D eigenvalue weighted by molar-refractivity contribution is 5.90. The zero-order valence-corrected chi connectivity index (χ0v) is 6.32. The Labute approximate surface area is 68.4 Å². The van der Waals surface area contributed by atoms with Crippen LogP contribution in [0.1, 0.15) is 10.5 Å². The molecule has 4 nitrogen and oxygen atoms in total. The molecule has 1 aromatic rings. The lowest BCUT2D eigenvalue weighted by Crippen LogP contribution is -2.28. The Hall–Kier alpha value is -1.71. The number of amides is 1. The molecule has 1 aliphatic heterocycles. The molecule has 0 atom stereocenters. The standard InChI is InChI=1S/C8H7N3O/c9-8(12)7-2-1-5-6(11-7)3-4-10-5/h1-3H,4H2,(H2,9,12). The van der Waals surface area contributed by atoms with Gasteiger partial charge >= 0.3 is 0 Å². The summed E-state index contributed by atoms with van der Waals surface area (Å²) in [6.07, 6.45) is 1.86. The van der Waals surface area contributed by atoms with E-state index in [0.717, 1.165) is 10.7 Å². The van der Waals surface area contributed by atoms with E-state index in [4.69, 9.17) is 5.73 Å². The minimum atomic E-state index is -0.502. The van der Waals surface area contributed by atoms with Crippen molar-refractivity contribution < 1.29 is 4.79 Å². The highest BCUT2D eigenvalue weighted by Gasteiger charge is 2.02. The second-order valence-electron chi connectivity index (χ2n) is 2.51. The van der Waals surface area contributed by atoms with Crippen LogP contribution in [0.3, 0.4) is 0 Å². The summed E-state index contributed by atoms with van der Waals surface area (Å²) in [5.74, 6) is -0.502. The molecule has 0 bridgehead atoms. The second kappa shape index (κ2) is 2.41. The third-order valence-corrected chi connectivity index (χ3v) is 1.70. The molecular formula is C8H7N3O. The number of pyridine rings is 1. The number of aromatic nitrogens is 1. The number of rotatable bonds is 1. The van der Waals surface area contributed by atoms with Gasteiger partial charge in [0.15, 0.2) is 0 Å². The molecule has 0 aromatic carbocycles. The van der Waals surface area contributed by atoms with Crippen molar-refractivity contribution in [2.45, 2.75) is 0 Å². The second-order valence-corrected chi connectivity index (χ2v) is 2.51. The summed E-state index contributed by atoms with van der Waals surface area (Å²) < 4.78 is 0. The summed E-state index contributed by atoms with van der Waals surface area (Å²) in [5, 5.41) is 1.59. The molecule has 2 rings (SSSR count). The number of fused-ring (bicyclic) bond motifs is 1. The summed E-state index contributed by atoms with van der Waals surface area (Å²) in [6.45, 7) is 0.643. The van der Waals surface area contributed by atoms with E-state index in [-0.39, 0.29) is 0 Å². The van der Waals surface area contributed by atoms with Crippen molar-refractivity contribution in [3.05, 3.63) is 28.5 Å². The van der Waals surface area contributed by atoms with Gasteiger partial charge in [-0.25, -0.2) is 4.98 Å². The number of hydrogen-bond donors (Lipinski definition) is 1. The van der Waals surface area contributed by atoms with E-state index in [1.54, 1.807) is 12.1 Å². The van der Waals surface area contributed by atoms with E-state index < -0.39 is 5.91 Å². The zero-order valence-electron chi connectivity index (χ0n) is 6.32. The van der Waals surface area contributed by atoms with Gasteiger partial charge in [0.05, 0.1) is 17.3 Å². The zero-order chi connectivity index (χ0) is 8.55. The van der Waals surface area contributed by atoms with Crippen molar-refractivity contribution in [1.29, 1.82) is 0 Å². The van der Waals surface area contributed by atoms with Gasteiger partial charge in [-0.2, -0.15) is 0 Å². The summed E-state index contributed by atoms with van der Waals surface area (Å²) in [7, 11) is 0. The van der Waals surface area contributed by atoms with Gasteiger partial charge in [0.1, 0.15) is 5.69 Å². The fourth-order valence-electron chi connectivity index (χ4n) is 1.12. The van der Waals surface area contributed by atoms with Crippen LogP contribution >= 0.6 is 0 Å². The van der Waals surface area contributed by atoms with Crippen LogP contribution in [-0.2, 0) is 0 Å². The first-order valence-electron chi connectivity index (χ1n) is 3.59. The Balaban J connectivity index is 2.69. The van der Waals surface area contributed by atoms with E-state index in [1.165, 1.54) is 0 Å². The maximum Gasteiger partial charge on any atom is 0.267 e. The van der Waals surface area contributed by atoms with Crippen molar-refractivity contribution in [1.82, 2.24) is 4.98 Å². The maximum atomic E-state index is 10.7. The van der Waals surface area contributed by atoms with Gasteiger partial charge in [-0.3, -0.25) is 9.79 Å². The van der Waals surface area contributed by atoms with Crippen molar-refractivity contribution in [2.75, 3.05) is 6.54 Å². The first kappa shape index (κ1) is 6.97. The third-order valence-electron chi connectivity index (χ3n) is 1.70. The van der Waals surface area contributed by atoms with Gasteiger partial charge in [0, 0.05) is 0 Å². The molecule has 0 spiro atoms. The molecule has 2 N–H and O–H groups in total. The molecular weight excluding hydrogens is 154 g/mol. The predicted molar refractivity (Wildman–Crippen MR) is 42.9 cm³/mol. The summed E-state index contributed by atoms with van der Waals surface area (Å²) in [4.78, 5) is 18.9. The van der Waals surface area contributed by atoms with Crippen molar-refractivity contribution in [3.63, 3.8) is 0 Å². The quantitative estimate of drug-likeness (QED) is 0.550. The lowest BCUT2D eigenvalue weighted by atomic mass is 10.3. The minimum Gasteiger partial charge on any atom is -0.364 e. The normalized spacial score (nSPS) is 13.0. The molecule has 0 saturated heterocycles. The Morgan fingerprint density at radius 2 is 2.33 bits per heavy atom. The number of primary amides is 1. The Morgan fingerprint density at radius 1 is 1.50 bits per heavy atom. The van der Waals surface area contributed by atoms with Crippen LogP contribution in [0.25, 0.3) is 6.08 Å². The highest BCUT2D eigenvalue weighted by atomic mass is 16.1. The summed E-state index contributed by atoms with van der Waals surface area (Å²) in [5.41, 5.74) is 5.36. The molecule has 60 valence electrons. The summed E-state index contributed by atoms with van der Waals surface area (Å²) >= 11 is 0. The maximum absolute atomic E-state index is 10.7. The van der Waals surface area contributed by atoms with Gasteiger partial charge in [0.2, 0.25) is 0 Å². The van der Waals surface area contributed by atoms with Crippen LogP contribution in [0, 0.1) is 0 Å². The molecule has 1 aliphatic rings. The van der Waals surface area contributed by atoms with Crippen LogP contribution in [0.5, 0.6) is 0 Å². The molecule has 0 aliphatic carbocycles. The van der Waals surface area contributed by atoms with E-state index in [9.17, 15) is 4.79 Å². The fourth-order valence-corrected chi connectivity index (χ4v) is 1.12. The highest BCUT2D eigenvalue weighted by Crippen LogP contribution is 1.86. The van der Waals surface area contributed by atoms with Crippen LogP contribution in [0.2, 0.25) is 0 Å². The lowest BCUT2D eigenvalue weighted by Gasteiger charge is -1.91. The first-order valence-corrected chi connectivity index (χ1v) is 3.59. The molecule has 1 amide bonds. The lowest BCUT2D eigenvalue weighted by molar-refractivity contribution is 0.0995. The van der Waals surface area contributed by atoms with Gasteiger partial charge in [-0.15, -0.1) is 0 Å². The molecule has 1 aromatic heterocycles. The number of hydrogen-bond acceptors (Lipinski definition) is 3. The Bertz CT molecular complexity index is 450. The minimum absolute atomic E-state index is 0.294. The van der Waals surface area contributed by atoms with E-state index in [0.29, 0.717) is 12.2 Å². The first-order chi connectivity index (χ1) is 5.77. The largest absolute Gasteiger partial charge is 0.364 e. The number of nitrogens with zero attached hydrogens (tertiary/aromatic N) is 2. The van der Waals surface area contributed by atoms with E-state index in [2.05, 4.69) is 9.98 Å². The third kappa shape index (κ3) is 0.972. The van der Waals surface area contributed by atoms with Crippen LogP contribution in [0.4, 0.5) is 0 Å². The van der Waals surface area contributed by atoms with Crippen LogP contribution in [-0.4, -0.2) is 17.4 Å². The predicted octanol–water partition coefficient (Wildman–Crippen LogP) is -1.41. The summed E-state index contributed by atoms with van der Waals surface area (Å²) in [6, 6.07) is 3.34. The van der Waals surface area contributed by atoms with Crippen LogP contribution < -0.4 is 16.4 Å². The average Bonchev–Trinajstić information content (AvgIpc) is 2.49. The van der Waals surface area contributed by atoms with Gasteiger partial charge in [0.25, 0.3) is 5.91 Å². The Kier molecular flexibility index (Phi) is 1.40. The Morgan fingerprint density at radius 3 is 3.08 bits per heavy atom. The fraction of sp³-hybridized carbons (Fsp3) is 0.125. The molecule has 0 fully saturated rings. The van der Waals surface area contributed by atoms with Crippen molar-refractivity contribution in [2.24, 2.45) is 10.7 Å². The SMILES string of the molecule is NC(=O)c1ccc2c(n1)=CCN=2. The number of nitrogens with two attached hydrogens (primary N) is 1. The topological polar surface area (TPSA) is 68.3 Å². The van der Waals surface area contributed by atoms with Crippen molar-refractivity contribution in [3.8, 4) is 0 Å². The molecule has 0 saturated carbocycles. The molecule has 4 heteroatoms. The average molecular weight is 161 g/mol. The monoisotopic (exact) mass is 161 g/mol. The number of carbonyl (C=O) groups is 1. The molecule has 12 heavy (non-hydrogen) atoms. The van der Waals surface area contributed by atoms with E-state index >= 15 is 0 Å². The van der Waals surface area contributed by atoms with Gasteiger partial charge in [-0.05, 0) is 18.2 Å². The van der Waals surface area contributed by atoms with Gasteiger partial charge in [-0.1, -0.05) is 0 Å².